The van der Waals surface area contributed by atoms with E-state index >= 15 is 0 Å². The summed E-state index contributed by atoms with van der Waals surface area (Å²) in [7, 11) is 1.63. The third-order valence-electron chi connectivity index (χ3n) is 2.63. The van der Waals surface area contributed by atoms with Gasteiger partial charge in [0.05, 0.1) is 17.8 Å². The maximum atomic E-state index is 6.16. The lowest BCUT2D eigenvalue weighted by molar-refractivity contribution is 0.410. The van der Waals surface area contributed by atoms with Crippen LogP contribution in [0.2, 0.25) is 10.0 Å². The van der Waals surface area contributed by atoms with E-state index in [0.717, 1.165) is 17.0 Å². The molecule has 0 amide bonds. The predicted octanol–water partition coefficient (Wildman–Crippen LogP) is 4.61. The molecule has 0 aliphatic rings. The highest BCUT2D eigenvalue weighted by atomic mass is 35.5. The number of nitrogens with one attached hydrogen (secondary N) is 1. The summed E-state index contributed by atoms with van der Waals surface area (Å²) in [5.41, 5.74) is 1.79. The van der Waals surface area contributed by atoms with Crippen molar-refractivity contribution < 1.29 is 4.74 Å². The number of ether oxygens (including phenoxy) is 1. The Morgan fingerprint density at radius 1 is 1.00 bits per heavy atom. The van der Waals surface area contributed by atoms with Gasteiger partial charge in [-0.2, -0.15) is 0 Å². The quantitative estimate of drug-likeness (QED) is 0.883. The fourth-order valence-electron chi connectivity index (χ4n) is 1.69. The van der Waals surface area contributed by atoms with Gasteiger partial charge in [0.1, 0.15) is 5.75 Å². The first-order valence-corrected chi connectivity index (χ1v) is 6.27. The maximum Gasteiger partial charge on any atom is 0.125 e. The highest BCUT2D eigenvalue weighted by molar-refractivity contribution is 6.33. The molecule has 2 aromatic rings. The molecule has 0 bridgehead atoms. The fourth-order valence-corrected chi connectivity index (χ4v) is 2.13. The molecule has 2 rings (SSSR count). The normalized spacial score (nSPS) is 10.2. The van der Waals surface area contributed by atoms with Crippen molar-refractivity contribution in [1.82, 2.24) is 0 Å². The van der Waals surface area contributed by atoms with Crippen LogP contribution in [0.3, 0.4) is 0 Å². The van der Waals surface area contributed by atoms with E-state index in [9.17, 15) is 0 Å². The van der Waals surface area contributed by atoms with Crippen LogP contribution in [0, 0.1) is 0 Å². The number of para-hydroxylation sites is 1. The Morgan fingerprint density at radius 2 is 1.72 bits per heavy atom. The number of methoxy groups -OCH3 is 1. The van der Waals surface area contributed by atoms with Crippen molar-refractivity contribution in [3.05, 3.63) is 58.1 Å². The van der Waals surface area contributed by atoms with E-state index in [1.807, 2.05) is 42.5 Å². The monoisotopic (exact) mass is 281 g/mol. The van der Waals surface area contributed by atoms with Crippen LogP contribution in [0.4, 0.5) is 5.69 Å². The molecular weight excluding hydrogens is 269 g/mol. The number of hydrogen-bond donors (Lipinski definition) is 1. The molecule has 0 heterocycles. The third-order valence-corrected chi connectivity index (χ3v) is 3.31. The minimum Gasteiger partial charge on any atom is -0.496 e. The lowest BCUT2D eigenvalue weighted by Gasteiger charge is -2.12. The summed E-state index contributed by atoms with van der Waals surface area (Å²) in [6.45, 7) is 0.562. The first-order chi connectivity index (χ1) is 8.72. The summed E-state index contributed by atoms with van der Waals surface area (Å²) in [6.07, 6.45) is 0. The zero-order valence-electron chi connectivity index (χ0n) is 9.91. The molecule has 0 aliphatic carbocycles. The SMILES string of the molecule is COc1cccc(Cl)c1CNc1ccccc1Cl. The average Bonchev–Trinajstić information content (AvgIpc) is 2.39. The van der Waals surface area contributed by atoms with Crippen molar-refractivity contribution in [2.45, 2.75) is 6.54 Å². The van der Waals surface area contributed by atoms with Crippen molar-refractivity contribution in [3.8, 4) is 5.75 Å². The Morgan fingerprint density at radius 3 is 2.44 bits per heavy atom. The average molecular weight is 282 g/mol. The molecule has 0 spiro atoms. The van der Waals surface area contributed by atoms with Gasteiger partial charge in [-0.25, -0.2) is 0 Å². The molecule has 0 atom stereocenters. The van der Waals surface area contributed by atoms with Gasteiger partial charge in [-0.15, -0.1) is 0 Å². The highest BCUT2D eigenvalue weighted by Gasteiger charge is 2.07. The number of anilines is 1. The van der Waals surface area contributed by atoms with Crippen molar-refractivity contribution in [3.63, 3.8) is 0 Å². The van der Waals surface area contributed by atoms with Crippen LogP contribution in [-0.2, 0) is 6.54 Å². The number of halogens is 2. The second-order valence-corrected chi connectivity index (χ2v) is 4.57. The minimum atomic E-state index is 0.562. The van der Waals surface area contributed by atoms with Crippen molar-refractivity contribution in [1.29, 1.82) is 0 Å². The van der Waals surface area contributed by atoms with Crippen LogP contribution in [0.5, 0.6) is 5.75 Å². The highest BCUT2D eigenvalue weighted by Crippen LogP contribution is 2.28. The van der Waals surface area contributed by atoms with Crippen molar-refractivity contribution >= 4 is 28.9 Å². The van der Waals surface area contributed by atoms with E-state index in [1.165, 1.54) is 0 Å². The smallest absolute Gasteiger partial charge is 0.125 e. The third kappa shape index (κ3) is 2.89. The topological polar surface area (TPSA) is 21.3 Å². The standard InChI is InChI=1S/C14H13Cl2NO/c1-18-14-8-4-6-11(15)10(14)9-17-13-7-3-2-5-12(13)16/h2-8,17H,9H2,1H3. The van der Waals surface area contributed by atoms with Crippen LogP contribution < -0.4 is 10.1 Å². The van der Waals surface area contributed by atoms with Gasteiger partial charge in [-0.1, -0.05) is 41.4 Å². The molecule has 0 unspecified atom stereocenters. The van der Waals surface area contributed by atoms with Gasteiger partial charge in [-0.3, -0.25) is 0 Å². The van der Waals surface area contributed by atoms with E-state index in [0.29, 0.717) is 16.6 Å². The summed E-state index contributed by atoms with van der Waals surface area (Å²) < 4.78 is 5.29. The summed E-state index contributed by atoms with van der Waals surface area (Å²) >= 11 is 12.2. The largest absolute Gasteiger partial charge is 0.496 e. The van der Waals surface area contributed by atoms with Crippen LogP contribution in [-0.4, -0.2) is 7.11 Å². The molecule has 0 aliphatic heterocycles. The predicted molar refractivity (Wildman–Crippen MR) is 76.8 cm³/mol. The molecular formula is C14H13Cl2NO. The van der Waals surface area contributed by atoms with E-state index in [1.54, 1.807) is 7.11 Å². The zero-order chi connectivity index (χ0) is 13.0. The van der Waals surface area contributed by atoms with Gasteiger partial charge >= 0.3 is 0 Å². The molecule has 0 saturated heterocycles. The number of hydrogen-bond acceptors (Lipinski definition) is 2. The lowest BCUT2D eigenvalue weighted by atomic mass is 10.2. The molecule has 0 aromatic heterocycles. The Kier molecular flexibility index (Phi) is 4.34. The molecule has 1 N–H and O–H groups in total. The van der Waals surface area contributed by atoms with Crippen LogP contribution in [0.15, 0.2) is 42.5 Å². The molecule has 94 valence electrons. The van der Waals surface area contributed by atoms with Crippen molar-refractivity contribution in [2.24, 2.45) is 0 Å². The van der Waals surface area contributed by atoms with Gasteiger partial charge in [0.15, 0.2) is 0 Å². The molecule has 18 heavy (non-hydrogen) atoms. The second kappa shape index (κ2) is 5.98. The molecule has 4 heteroatoms. The Balaban J connectivity index is 2.18. The summed E-state index contributed by atoms with van der Waals surface area (Å²) in [4.78, 5) is 0. The molecule has 0 fully saturated rings. The molecule has 2 nitrogen and oxygen atoms in total. The van der Waals surface area contributed by atoms with Gasteiger partial charge in [-0.05, 0) is 24.3 Å². The Bertz CT molecular complexity index is 543. The van der Waals surface area contributed by atoms with Crippen LogP contribution >= 0.6 is 23.2 Å². The van der Waals surface area contributed by atoms with Crippen molar-refractivity contribution in [2.75, 3.05) is 12.4 Å². The zero-order valence-corrected chi connectivity index (χ0v) is 11.4. The molecule has 0 radical (unpaired) electrons. The summed E-state index contributed by atoms with van der Waals surface area (Å²) in [5.74, 6) is 0.766. The number of rotatable bonds is 4. The van der Waals surface area contributed by atoms with Crippen LogP contribution in [0.25, 0.3) is 0 Å². The van der Waals surface area contributed by atoms with E-state index in [-0.39, 0.29) is 0 Å². The van der Waals surface area contributed by atoms with E-state index in [2.05, 4.69) is 5.32 Å². The summed E-state index contributed by atoms with van der Waals surface area (Å²) in [5, 5.41) is 4.61. The van der Waals surface area contributed by atoms with E-state index in [4.69, 9.17) is 27.9 Å². The molecule has 0 saturated carbocycles. The second-order valence-electron chi connectivity index (χ2n) is 3.75. The van der Waals surface area contributed by atoms with Crippen LogP contribution in [0.1, 0.15) is 5.56 Å². The van der Waals surface area contributed by atoms with Gasteiger partial charge in [0.25, 0.3) is 0 Å². The van der Waals surface area contributed by atoms with Gasteiger partial charge < -0.3 is 10.1 Å². The first-order valence-electron chi connectivity index (χ1n) is 5.52. The first kappa shape index (κ1) is 13.1. The van der Waals surface area contributed by atoms with E-state index < -0.39 is 0 Å². The fraction of sp³-hybridized carbons (Fsp3) is 0.143. The van der Waals surface area contributed by atoms with Gasteiger partial charge in [0, 0.05) is 17.1 Å². The lowest BCUT2D eigenvalue weighted by Crippen LogP contribution is -2.02. The minimum absolute atomic E-state index is 0.562. The summed E-state index contributed by atoms with van der Waals surface area (Å²) in [6, 6.07) is 13.2. The Labute approximate surface area is 116 Å². The van der Waals surface area contributed by atoms with Gasteiger partial charge in [0.2, 0.25) is 0 Å². The molecule has 2 aromatic carbocycles. The number of benzene rings is 2. The Hall–Kier alpha value is -1.38. The maximum absolute atomic E-state index is 6.16.